The number of halogens is 3. The molecule has 0 saturated carbocycles. The molecule has 2 aromatic carbocycles. The summed E-state index contributed by atoms with van der Waals surface area (Å²) in [6.45, 7) is 1.73. The van der Waals surface area contributed by atoms with Crippen LogP contribution in [0.5, 0.6) is 0 Å². The van der Waals surface area contributed by atoms with E-state index in [1.165, 1.54) is 17.8 Å². The van der Waals surface area contributed by atoms with Crippen molar-refractivity contribution in [3.63, 3.8) is 0 Å². The summed E-state index contributed by atoms with van der Waals surface area (Å²) in [5.41, 5.74) is 0.786. The monoisotopic (exact) mass is 424 g/mol. The number of nitrogens with one attached hydrogen (secondary N) is 1. The Bertz CT molecular complexity index is 995. The van der Waals surface area contributed by atoms with Gasteiger partial charge in [0.15, 0.2) is 11.0 Å². The zero-order valence-electron chi connectivity index (χ0n) is 14.4. The van der Waals surface area contributed by atoms with Crippen LogP contribution >= 0.6 is 35.0 Å². The van der Waals surface area contributed by atoms with Crippen molar-refractivity contribution < 1.29 is 9.18 Å². The third-order valence-corrected chi connectivity index (χ3v) is 5.49. The molecule has 0 unspecified atom stereocenters. The van der Waals surface area contributed by atoms with Gasteiger partial charge in [-0.05, 0) is 37.3 Å². The highest BCUT2D eigenvalue weighted by Gasteiger charge is 2.21. The molecule has 140 valence electrons. The standard InChI is InChI=1S/C18H15Cl2FN4OS/c1-10(17(26)22-15-9-11(19)7-8-13(15)20)27-18-24-23-16(25(18)2)12-5-3-4-6-14(12)21/h3-10H,1-2H3,(H,22,26)/t10-/m0/s1. The zero-order chi connectivity index (χ0) is 19.6. The van der Waals surface area contributed by atoms with Gasteiger partial charge in [-0.3, -0.25) is 4.79 Å². The summed E-state index contributed by atoms with van der Waals surface area (Å²) in [5, 5.41) is 11.7. The Labute approximate surface area is 169 Å². The number of hydrogen-bond donors (Lipinski definition) is 1. The van der Waals surface area contributed by atoms with Gasteiger partial charge in [0, 0.05) is 12.1 Å². The van der Waals surface area contributed by atoms with Crippen LogP contribution in [0.25, 0.3) is 11.4 Å². The van der Waals surface area contributed by atoms with Gasteiger partial charge in [-0.1, -0.05) is 47.1 Å². The first kappa shape index (κ1) is 19.7. The normalized spacial score (nSPS) is 12.0. The van der Waals surface area contributed by atoms with E-state index in [1.54, 1.807) is 54.9 Å². The van der Waals surface area contributed by atoms with Gasteiger partial charge in [0.25, 0.3) is 0 Å². The maximum atomic E-state index is 14.0. The lowest BCUT2D eigenvalue weighted by atomic mass is 10.2. The lowest BCUT2D eigenvalue weighted by Crippen LogP contribution is -2.23. The summed E-state index contributed by atoms with van der Waals surface area (Å²) in [6.07, 6.45) is 0. The minimum Gasteiger partial charge on any atom is -0.324 e. The molecule has 0 aliphatic heterocycles. The molecule has 1 aromatic heterocycles. The van der Waals surface area contributed by atoms with Gasteiger partial charge in [-0.15, -0.1) is 10.2 Å². The van der Waals surface area contributed by atoms with Crippen molar-refractivity contribution in [2.45, 2.75) is 17.3 Å². The number of thioether (sulfide) groups is 1. The van der Waals surface area contributed by atoms with Crippen LogP contribution in [0.4, 0.5) is 10.1 Å². The smallest absolute Gasteiger partial charge is 0.237 e. The number of nitrogens with zero attached hydrogens (tertiary/aromatic N) is 3. The second-order valence-electron chi connectivity index (χ2n) is 5.72. The van der Waals surface area contributed by atoms with Gasteiger partial charge in [0.1, 0.15) is 5.82 Å². The van der Waals surface area contributed by atoms with E-state index in [2.05, 4.69) is 15.5 Å². The highest BCUT2D eigenvalue weighted by atomic mass is 35.5. The molecule has 0 spiro atoms. The first-order valence-corrected chi connectivity index (χ1v) is 9.57. The number of carbonyl (C=O) groups excluding carboxylic acids is 1. The van der Waals surface area contributed by atoms with Crippen molar-refractivity contribution in [1.29, 1.82) is 0 Å². The van der Waals surface area contributed by atoms with Crippen molar-refractivity contribution in [2.24, 2.45) is 7.05 Å². The summed E-state index contributed by atoms with van der Waals surface area (Å²) in [5.74, 6) is -0.258. The largest absolute Gasteiger partial charge is 0.324 e. The van der Waals surface area contributed by atoms with Crippen molar-refractivity contribution in [1.82, 2.24) is 14.8 Å². The summed E-state index contributed by atoms with van der Waals surface area (Å²) in [4.78, 5) is 12.5. The fourth-order valence-corrected chi connectivity index (χ4v) is 3.49. The highest BCUT2D eigenvalue weighted by Crippen LogP contribution is 2.29. The van der Waals surface area contributed by atoms with E-state index >= 15 is 0 Å². The molecule has 0 fully saturated rings. The number of aromatic nitrogens is 3. The van der Waals surface area contributed by atoms with Gasteiger partial charge < -0.3 is 9.88 Å². The molecule has 3 rings (SSSR count). The molecule has 0 aliphatic carbocycles. The van der Waals surface area contributed by atoms with E-state index in [1.807, 2.05) is 0 Å². The van der Waals surface area contributed by atoms with E-state index in [9.17, 15) is 9.18 Å². The average molecular weight is 425 g/mol. The maximum absolute atomic E-state index is 14.0. The van der Waals surface area contributed by atoms with Crippen LogP contribution in [-0.2, 0) is 11.8 Å². The van der Waals surface area contributed by atoms with E-state index in [4.69, 9.17) is 23.2 Å². The Morgan fingerprint density at radius 1 is 1.22 bits per heavy atom. The lowest BCUT2D eigenvalue weighted by molar-refractivity contribution is -0.115. The zero-order valence-corrected chi connectivity index (χ0v) is 16.7. The minimum atomic E-state index is -0.489. The van der Waals surface area contributed by atoms with Crippen LogP contribution < -0.4 is 5.32 Å². The number of anilines is 1. The Balaban J connectivity index is 1.75. The number of benzene rings is 2. The number of carbonyl (C=O) groups is 1. The van der Waals surface area contributed by atoms with Gasteiger partial charge in [-0.25, -0.2) is 4.39 Å². The van der Waals surface area contributed by atoms with Crippen LogP contribution in [-0.4, -0.2) is 25.9 Å². The quantitative estimate of drug-likeness (QED) is 0.582. The van der Waals surface area contributed by atoms with Crippen LogP contribution in [0.2, 0.25) is 10.0 Å². The third-order valence-electron chi connectivity index (χ3n) is 3.79. The van der Waals surface area contributed by atoms with Crippen molar-refractivity contribution in [2.75, 3.05) is 5.32 Å². The summed E-state index contributed by atoms with van der Waals surface area (Å²) < 4.78 is 15.6. The number of rotatable bonds is 5. The lowest BCUT2D eigenvalue weighted by Gasteiger charge is -2.13. The van der Waals surface area contributed by atoms with Crippen LogP contribution in [0.1, 0.15) is 6.92 Å². The third kappa shape index (κ3) is 4.43. The van der Waals surface area contributed by atoms with Crippen LogP contribution in [0.3, 0.4) is 0 Å². The molecule has 9 heteroatoms. The molecule has 0 radical (unpaired) electrons. The predicted octanol–water partition coefficient (Wildman–Crippen LogP) is 5.05. The average Bonchev–Trinajstić information content (AvgIpc) is 2.99. The second kappa shape index (κ2) is 8.29. The Morgan fingerprint density at radius 3 is 2.70 bits per heavy atom. The van der Waals surface area contributed by atoms with E-state index in [0.29, 0.717) is 32.3 Å². The molecule has 1 atom stereocenters. The van der Waals surface area contributed by atoms with E-state index in [-0.39, 0.29) is 11.7 Å². The van der Waals surface area contributed by atoms with E-state index in [0.717, 1.165) is 0 Å². The van der Waals surface area contributed by atoms with Crippen molar-refractivity contribution >= 4 is 46.6 Å². The molecule has 3 aromatic rings. The first-order valence-electron chi connectivity index (χ1n) is 7.93. The molecule has 27 heavy (non-hydrogen) atoms. The fraction of sp³-hybridized carbons (Fsp3) is 0.167. The predicted molar refractivity (Wildman–Crippen MR) is 107 cm³/mol. The number of hydrogen-bond acceptors (Lipinski definition) is 4. The van der Waals surface area contributed by atoms with Gasteiger partial charge in [-0.2, -0.15) is 0 Å². The molecular formula is C18H15Cl2FN4OS. The second-order valence-corrected chi connectivity index (χ2v) is 7.87. The topological polar surface area (TPSA) is 59.8 Å². The molecule has 1 heterocycles. The number of amides is 1. The van der Waals surface area contributed by atoms with Gasteiger partial charge >= 0.3 is 0 Å². The van der Waals surface area contributed by atoms with Gasteiger partial charge in [0.2, 0.25) is 5.91 Å². The Kier molecular flexibility index (Phi) is 6.04. The molecule has 0 saturated heterocycles. The van der Waals surface area contributed by atoms with Gasteiger partial charge in [0.05, 0.1) is 21.5 Å². The summed E-state index contributed by atoms with van der Waals surface area (Å²) >= 11 is 13.2. The molecular weight excluding hydrogens is 410 g/mol. The molecule has 1 amide bonds. The van der Waals surface area contributed by atoms with Crippen molar-refractivity contribution in [3.05, 3.63) is 58.3 Å². The summed E-state index contributed by atoms with van der Waals surface area (Å²) in [7, 11) is 1.72. The molecule has 0 bridgehead atoms. The Hall–Kier alpha value is -2.09. The van der Waals surface area contributed by atoms with Crippen molar-refractivity contribution in [3.8, 4) is 11.4 Å². The Morgan fingerprint density at radius 2 is 1.96 bits per heavy atom. The first-order chi connectivity index (χ1) is 12.9. The highest BCUT2D eigenvalue weighted by molar-refractivity contribution is 8.00. The molecule has 0 aliphatic rings. The maximum Gasteiger partial charge on any atom is 0.237 e. The fourth-order valence-electron chi connectivity index (χ4n) is 2.33. The van der Waals surface area contributed by atoms with E-state index < -0.39 is 5.25 Å². The molecule has 1 N–H and O–H groups in total. The van der Waals surface area contributed by atoms with Crippen LogP contribution in [0.15, 0.2) is 47.6 Å². The van der Waals surface area contributed by atoms with Crippen LogP contribution in [0, 0.1) is 5.82 Å². The summed E-state index contributed by atoms with van der Waals surface area (Å²) in [6, 6.07) is 11.2. The molecule has 5 nitrogen and oxygen atoms in total. The minimum absolute atomic E-state index is 0.264. The SMILES string of the molecule is C[C@H](Sc1nnc(-c2ccccc2F)n1C)C(=O)Nc1cc(Cl)ccc1Cl.